The van der Waals surface area contributed by atoms with Gasteiger partial charge in [-0.25, -0.2) is 10.0 Å². The van der Waals surface area contributed by atoms with Crippen LogP contribution in [0.2, 0.25) is 25.7 Å². The lowest BCUT2D eigenvalue weighted by Crippen LogP contribution is -2.74. The molecule has 0 radical (unpaired) electrons. The van der Waals surface area contributed by atoms with Crippen molar-refractivity contribution in [3.05, 3.63) is 11.8 Å². The minimum Gasteiger partial charge on any atom is -0.464 e. The van der Waals surface area contributed by atoms with Gasteiger partial charge in [0.2, 0.25) is 0 Å². The lowest BCUT2D eigenvalue weighted by Gasteiger charge is -2.15. The first-order chi connectivity index (χ1) is 8.87. The zero-order valence-electron chi connectivity index (χ0n) is 12.3. The highest BCUT2D eigenvalue weighted by molar-refractivity contribution is 6.76. The van der Waals surface area contributed by atoms with E-state index in [0.29, 0.717) is 12.4 Å². The topological polar surface area (TPSA) is 122 Å². The Bertz CT molecular complexity index is 430. The number of carbonyl (C=O) groups excluding carboxylic acids is 1. The second kappa shape index (κ2) is 8.12. The van der Waals surface area contributed by atoms with E-state index in [2.05, 4.69) is 29.5 Å². The van der Waals surface area contributed by atoms with E-state index in [9.17, 15) is 4.79 Å². The van der Waals surface area contributed by atoms with Gasteiger partial charge in [-0.2, -0.15) is 15.3 Å². The molecule has 0 aromatic carbocycles. The molecule has 1 aromatic heterocycles. The number of ether oxygens (including phenoxy) is 2. The van der Waals surface area contributed by atoms with Crippen molar-refractivity contribution in [1.82, 2.24) is 9.78 Å². The van der Waals surface area contributed by atoms with Gasteiger partial charge in [-0.3, -0.25) is 0 Å². The van der Waals surface area contributed by atoms with Crippen LogP contribution in [0.1, 0.15) is 10.5 Å². The minimum atomic E-state index is -1.12. The van der Waals surface area contributed by atoms with Crippen LogP contribution in [-0.2, 0) is 16.2 Å². The van der Waals surface area contributed by atoms with Gasteiger partial charge in [0.15, 0.2) is 5.69 Å². The first-order valence-corrected chi connectivity index (χ1v) is 9.79. The van der Waals surface area contributed by atoms with Gasteiger partial charge in [0, 0.05) is 14.7 Å². The maximum absolute atomic E-state index is 11.3. The van der Waals surface area contributed by atoms with Crippen LogP contribution in [0.5, 0.6) is 0 Å². The molecule has 0 spiro atoms. The molecule has 0 aliphatic heterocycles. The van der Waals surface area contributed by atoms with Crippen LogP contribution in [0, 0.1) is 0 Å². The number of quaternary nitrogens is 1. The zero-order valence-corrected chi connectivity index (χ0v) is 13.3. The van der Waals surface area contributed by atoms with Crippen LogP contribution in [0.4, 0.5) is 5.82 Å². The number of hydrogen-bond donors (Lipinski definition) is 2. The van der Waals surface area contributed by atoms with E-state index in [-0.39, 0.29) is 17.9 Å². The molecule has 1 aromatic rings. The van der Waals surface area contributed by atoms with Crippen LogP contribution < -0.4 is 5.48 Å². The van der Waals surface area contributed by atoms with Crippen LogP contribution in [0.3, 0.4) is 0 Å². The number of nitrogens with two attached hydrogens (primary N) is 1. The van der Waals surface area contributed by atoms with E-state index in [4.69, 9.17) is 9.94 Å². The van der Waals surface area contributed by atoms with Crippen molar-refractivity contribution >= 4 is 19.9 Å². The molecule has 0 aliphatic rings. The Hall–Kier alpha value is -1.26. The van der Waals surface area contributed by atoms with E-state index in [1.807, 2.05) is 0 Å². The molecule has 0 atom stereocenters. The molecule has 5 N–H and O–H groups in total. The predicted molar refractivity (Wildman–Crippen MR) is 74.7 cm³/mol. The van der Waals surface area contributed by atoms with Gasteiger partial charge in [-0.1, -0.05) is 19.6 Å². The van der Waals surface area contributed by atoms with E-state index < -0.39 is 14.0 Å². The van der Waals surface area contributed by atoms with Crippen molar-refractivity contribution < 1.29 is 30.4 Å². The summed E-state index contributed by atoms with van der Waals surface area (Å²) in [4.78, 5) is 11.3. The number of esters is 1. The Morgan fingerprint density at radius 2 is 2.15 bits per heavy atom. The normalized spacial score (nSPS) is 11.1. The average molecular weight is 306 g/mol. The van der Waals surface area contributed by atoms with E-state index in [1.165, 1.54) is 17.9 Å². The number of nitrogens with zero attached hydrogens (tertiary/aromatic N) is 2. The molecule has 0 unspecified atom stereocenters. The quantitative estimate of drug-likeness (QED) is 0.311. The third-order valence-electron chi connectivity index (χ3n) is 2.55. The highest BCUT2D eigenvalue weighted by Gasteiger charge is 2.17. The van der Waals surface area contributed by atoms with Gasteiger partial charge in [-0.05, 0) is 6.04 Å². The SMILES string of the molecule is COC(=O)c1cc([NH2+]O)n(COCC[Si](C)(C)C)n1.O. The molecule has 1 heterocycles. The van der Waals surface area contributed by atoms with Gasteiger partial charge in [0.1, 0.15) is 6.73 Å². The maximum atomic E-state index is 11.3. The molecular weight excluding hydrogens is 282 g/mol. The molecule has 0 bridgehead atoms. The Balaban J connectivity index is 0.00000361. The predicted octanol–water partition coefficient (Wildman–Crippen LogP) is -0.259. The standard InChI is InChI=1S/C11H21N3O4Si.H2O/c1-17-11(15)9-7-10(13-16)14(12-9)8-18-5-6-19(2,3)4;/h7,13,16H,5-6,8H2,1-4H3;1H2/p+1. The molecule has 0 fully saturated rings. The molecule has 0 saturated carbocycles. The molecule has 1 rings (SSSR count). The van der Waals surface area contributed by atoms with Crippen molar-refractivity contribution in [3.8, 4) is 0 Å². The smallest absolute Gasteiger partial charge is 0.358 e. The van der Waals surface area contributed by atoms with Crippen LogP contribution in [0.25, 0.3) is 0 Å². The summed E-state index contributed by atoms with van der Waals surface area (Å²) in [6, 6.07) is 2.50. The van der Waals surface area contributed by atoms with Crippen LogP contribution in [0.15, 0.2) is 6.07 Å². The molecule has 0 saturated heterocycles. The number of hydrogen-bond acceptors (Lipinski definition) is 5. The summed E-state index contributed by atoms with van der Waals surface area (Å²) in [6.45, 7) is 7.66. The number of aromatic nitrogens is 2. The summed E-state index contributed by atoms with van der Waals surface area (Å²) in [5.74, 6) is -0.127. The monoisotopic (exact) mass is 306 g/mol. The fraction of sp³-hybridized carbons (Fsp3) is 0.636. The third kappa shape index (κ3) is 5.80. The lowest BCUT2D eigenvalue weighted by atomic mass is 10.4. The summed E-state index contributed by atoms with van der Waals surface area (Å²) in [7, 11) is 0.164. The maximum Gasteiger partial charge on any atom is 0.358 e. The molecule has 8 nitrogen and oxygen atoms in total. The van der Waals surface area contributed by atoms with E-state index in [0.717, 1.165) is 11.5 Å². The molecule has 0 aliphatic carbocycles. The lowest BCUT2D eigenvalue weighted by molar-refractivity contribution is -0.829. The minimum absolute atomic E-state index is 0. The summed E-state index contributed by atoms with van der Waals surface area (Å²) in [5.41, 5.74) is 1.04. The second-order valence-corrected chi connectivity index (χ2v) is 11.0. The molecule has 0 amide bonds. The van der Waals surface area contributed by atoms with Gasteiger partial charge < -0.3 is 14.9 Å². The van der Waals surface area contributed by atoms with Crippen molar-refractivity contribution in [2.24, 2.45) is 0 Å². The number of carbonyl (C=O) groups is 1. The summed E-state index contributed by atoms with van der Waals surface area (Å²) in [6.07, 6.45) is 0. The largest absolute Gasteiger partial charge is 0.464 e. The fourth-order valence-electron chi connectivity index (χ4n) is 1.37. The Morgan fingerprint density at radius 3 is 2.65 bits per heavy atom. The summed E-state index contributed by atoms with van der Waals surface area (Å²) in [5, 5.41) is 13.1. The first kappa shape index (κ1) is 18.7. The van der Waals surface area contributed by atoms with Gasteiger partial charge >= 0.3 is 5.97 Å². The summed E-state index contributed by atoms with van der Waals surface area (Å²) < 4.78 is 11.5. The first-order valence-electron chi connectivity index (χ1n) is 6.09. The molecular formula is C11H24N3O5Si+. The highest BCUT2D eigenvalue weighted by atomic mass is 28.3. The molecule has 9 heteroatoms. The molecule has 20 heavy (non-hydrogen) atoms. The van der Waals surface area contributed by atoms with Crippen molar-refractivity contribution in [3.63, 3.8) is 0 Å². The van der Waals surface area contributed by atoms with Crippen molar-refractivity contribution in [2.75, 3.05) is 13.7 Å². The van der Waals surface area contributed by atoms with Crippen LogP contribution in [-0.4, -0.2) is 48.2 Å². The summed E-state index contributed by atoms with van der Waals surface area (Å²) >= 11 is 0. The Kier molecular flexibility index (Phi) is 7.61. The Labute approximate surface area is 119 Å². The van der Waals surface area contributed by atoms with Crippen molar-refractivity contribution in [1.29, 1.82) is 0 Å². The highest BCUT2D eigenvalue weighted by Crippen LogP contribution is 2.10. The Morgan fingerprint density at radius 1 is 1.50 bits per heavy atom. The van der Waals surface area contributed by atoms with E-state index in [1.54, 1.807) is 0 Å². The van der Waals surface area contributed by atoms with Crippen LogP contribution >= 0.6 is 0 Å². The number of rotatable bonds is 7. The average Bonchev–Trinajstić information content (AvgIpc) is 2.75. The second-order valence-electron chi connectivity index (χ2n) is 5.42. The van der Waals surface area contributed by atoms with Crippen molar-refractivity contribution in [2.45, 2.75) is 32.4 Å². The van der Waals surface area contributed by atoms with Gasteiger partial charge in [-0.15, -0.1) is 0 Å². The molecule has 116 valence electrons. The number of methoxy groups -OCH3 is 1. The van der Waals surface area contributed by atoms with Gasteiger partial charge in [0.25, 0.3) is 5.82 Å². The van der Waals surface area contributed by atoms with Gasteiger partial charge in [0.05, 0.1) is 13.2 Å². The third-order valence-corrected chi connectivity index (χ3v) is 4.25. The van der Waals surface area contributed by atoms with E-state index >= 15 is 0 Å². The zero-order chi connectivity index (χ0) is 14.5. The fourth-order valence-corrected chi connectivity index (χ4v) is 2.13.